The standard InChI is InChI=1S/C30H33F3N6O4/c1-19-26(29(41)37-23-2-3-27(36-17-23)35-16-20-4-8-42-9-5-20)15-24(18-34-19)38-28(40)21-12-22(30(31,32)33)14-25(13-21)39-6-10-43-11-7-39/h2-3,12-15,17-18,20H,4-11,16H2,1H3,(H,35,36)(H,37,41)(H,38,40). The fraction of sp³-hybridized carbons (Fsp3) is 0.400. The Morgan fingerprint density at radius 1 is 0.907 bits per heavy atom. The van der Waals surface area contributed by atoms with Crippen LogP contribution in [-0.2, 0) is 15.7 Å². The minimum Gasteiger partial charge on any atom is -0.381 e. The van der Waals surface area contributed by atoms with Gasteiger partial charge in [-0.25, -0.2) is 4.98 Å². The number of hydrogen-bond acceptors (Lipinski definition) is 8. The molecular weight excluding hydrogens is 565 g/mol. The summed E-state index contributed by atoms with van der Waals surface area (Å²) >= 11 is 0. The van der Waals surface area contributed by atoms with Crippen LogP contribution < -0.4 is 20.9 Å². The fourth-order valence-electron chi connectivity index (χ4n) is 4.91. The van der Waals surface area contributed by atoms with Gasteiger partial charge in [0.1, 0.15) is 5.82 Å². The van der Waals surface area contributed by atoms with E-state index >= 15 is 0 Å². The van der Waals surface area contributed by atoms with Crippen molar-refractivity contribution in [1.82, 2.24) is 9.97 Å². The number of ether oxygens (including phenoxy) is 2. The number of carbonyl (C=O) groups is 2. The Balaban J connectivity index is 1.26. The normalized spacial score (nSPS) is 16.0. The van der Waals surface area contributed by atoms with Gasteiger partial charge in [-0.2, -0.15) is 13.2 Å². The molecule has 2 fully saturated rings. The van der Waals surface area contributed by atoms with Crippen LogP contribution in [0.3, 0.4) is 0 Å². The second kappa shape index (κ2) is 13.4. The number of aromatic nitrogens is 2. The summed E-state index contributed by atoms with van der Waals surface area (Å²) < 4.78 is 51.7. The van der Waals surface area contributed by atoms with Gasteiger partial charge in [0.25, 0.3) is 11.8 Å². The van der Waals surface area contributed by atoms with E-state index in [0.29, 0.717) is 49.4 Å². The Morgan fingerprint density at radius 3 is 2.30 bits per heavy atom. The van der Waals surface area contributed by atoms with Gasteiger partial charge in [0.15, 0.2) is 0 Å². The number of amides is 2. The Labute approximate surface area is 247 Å². The number of pyridine rings is 2. The number of hydrogen-bond donors (Lipinski definition) is 3. The summed E-state index contributed by atoms with van der Waals surface area (Å²) in [4.78, 5) is 36.5. The number of carbonyl (C=O) groups excluding carboxylic acids is 2. The van der Waals surface area contributed by atoms with Crippen molar-refractivity contribution in [2.24, 2.45) is 5.92 Å². The molecule has 2 aliphatic rings. The van der Waals surface area contributed by atoms with Crippen molar-refractivity contribution in [1.29, 1.82) is 0 Å². The zero-order valence-electron chi connectivity index (χ0n) is 23.7. The Kier molecular flexibility index (Phi) is 9.41. The predicted molar refractivity (Wildman–Crippen MR) is 156 cm³/mol. The Bertz CT molecular complexity index is 1440. The molecule has 2 amide bonds. The predicted octanol–water partition coefficient (Wildman–Crippen LogP) is 4.98. The van der Waals surface area contributed by atoms with Crippen LogP contribution in [0.5, 0.6) is 0 Å². The molecule has 2 aromatic heterocycles. The number of morpholine rings is 1. The van der Waals surface area contributed by atoms with Crippen LogP contribution in [0.1, 0.15) is 44.8 Å². The maximum atomic E-state index is 13.7. The molecule has 2 saturated heterocycles. The van der Waals surface area contributed by atoms with E-state index in [2.05, 4.69) is 25.9 Å². The summed E-state index contributed by atoms with van der Waals surface area (Å²) in [5, 5.41) is 8.66. The zero-order valence-corrected chi connectivity index (χ0v) is 23.7. The molecule has 0 spiro atoms. The second-order valence-corrected chi connectivity index (χ2v) is 10.5. The Morgan fingerprint density at radius 2 is 1.60 bits per heavy atom. The first kappa shape index (κ1) is 30.2. The van der Waals surface area contributed by atoms with Crippen molar-refractivity contribution in [3.63, 3.8) is 0 Å². The average Bonchev–Trinajstić information content (AvgIpc) is 3.02. The van der Waals surface area contributed by atoms with E-state index in [4.69, 9.17) is 9.47 Å². The minimum absolute atomic E-state index is 0.164. The molecule has 3 N–H and O–H groups in total. The molecule has 0 bridgehead atoms. The maximum absolute atomic E-state index is 13.7. The van der Waals surface area contributed by atoms with Gasteiger partial charge in [0.2, 0.25) is 0 Å². The van der Waals surface area contributed by atoms with Crippen LogP contribution in [0.15, 0.2) is 48.8 Å². The molecule has 0 saturated carbocycles. The molecule has 0 aliphatic carbocycles. The lowest BCUT2D eigenvalue weighted by atomic mass is 10.0. The van der Waals surface area contributed by atoms with E-state index in [-0.39, 0.29) is 22.5 Å². The first-order chi connectivity index (χ1) is 20.7. The van der Waals surface area contributed by atoms with E-state index in [9.17, 15) is 22.8 Å². The Hall–Kier alpha value is -4.23. The highest BCUT2D eigenvalue weighted by molar-refractivity contribution is 6.08. The highest BCUT2D eigenvalue weighted by Crippen LogP contribution is 2.33. The van der Waals surface area contributed by atoms with E-state index < -0.39 is 23.6 Å². The molecule has 1 aromatic carbocycles. The zero-order chi connectivity index (χ0) is 30.4. The molecule has 2 aliphatic heterocycles. The average molecular weight is 599 g/mol. The van der Waals surface area contributed by atoms with Crippen LogP contribution in [0.2, 0.25) is 0 Å². The van der Waals surface area contributed by atoms with Crippen molar-refractivity contribution in [2.75, 3.05) is 66.9 Å². The maximum Gasteiger partial charge on any atom is 0.416 e. The number of nitrogens with one attached hydrogen (secondary N) is 3. The molecular formula is C30H33F3N6O4. The van der Waals surface area contributed by atoms with Crippen molar-refractivity contribution in [3.8, 4) is 0 Å². The van der Waals surface area contributed by atoms with Gasteiger partial charge in [-0.15, -0.1) is 0 Å². The molecule has 10 nitrogen and oxygen atoms in total. The number of benzene rings is 1. The third-order valence-electron chi connectivity index (χ3n) is 7.41. The van der Waals surface area contributed by atoms with Gasteiger partial charge in [-0.3, -0.25) is 14.6 Å². The molecule has 4 heterocycles. The van der Waals surface area contributed by atoms with E-state index in [1.165, 1.54) is 24.5 Å². The van der Waals surface area contributed by atoms with Crippen molar-refractivity contribution < 1.29 is 32.2 Å². The molecule has 0 unspecified atom stereocenters. The molecule has 228 valence electrons. The lowest BCUT2D eigenvalue weighted by Gasteiger charge is -2.29. The van der Waals surface area contributed by atoms with Crippen LogP contribution in [0, 0.1) is 12.8 Å². The third-order valence-corrected chi connectivity index (χ3v) is 7.41. The lowest BCUT2D eigenvalue weighted by molar-refractivity contribution is -0.137. The number of aryl methyl sites for hydroxylation is 1. The number of alkyl halides is 3. The van der Waals surface area contributed by atoms with Gasteiger partial charge in [0.05, 0.1) is 53.8 Å². The van der Waals surface area contributed by atoms with Gasteiger partial charge in [-0.05, 0) is 62.1 Å². The van der Waals surface area contributed by atoms with Crippen LogP contribution in [-0.4, -0.2) is 67.8 Å². The number of nitrogens with zero attached hydrogens (tertiary/aromatic N) is 3. The summed E-state index contributed by atoms with van der Waals surface area (Å²) in [6, 6.07) is 8.19. The monoisotopic (exact) mass is 598 g/mol. The van der Waals surface area contributed by atoms with Gasteiger partial charge >= 0.3 is 6.18 Å². The highest BCUT2D eigenvalue weighted by atomic mass is 19.4. The molecule has 43 heavy (non-hydrogen) atoms. The summed E-state index contributed by atoms with van der Waals surface area (Å²) in [5.41, 5.74) is 0.418. The summed E-state index contributed by atoms with van der Waals surface area (Å²) in [7, 11) is 0. The smallest absolute Gasteiger partial charge is 0.381 e. The lowest BCUT2D eigenvalue weighted by Crippen LogP contribution is -2.36. The van der Waals surface area contributed by atoms with E-state index in [0.717, 1.165) is 44.7 Å². The first-order valence-corrected chi connectivity index (χ1v) is 14.1. The number of halogens is 3. The van der Waals surface area contributed by atoms with E-state index in [1.54, 1.807) is 24.0 Å². The second-order valence-electron chi connectivity index (χ2n) is 10.5. The summed E-state index contributed by atoms with van der Waals surface area (Å²) in [6.07, 6.45) is 0.258. The topological polar surface area (TPSA) is 118 Å². The highest BCUT2D eigenvalue weighted by Gasteiger charge is 2.32. The summed E-state index contributed by atoms with van der Waals surface area (Å²) in [5.74, 6) is -0.0119. The first-order valence-electron chi connectivity index (χ1n) is 14.1. The SMILES string of the molecule is Cc1ncc(NC(=O)c2cc(N3CCOCC3)cc(C(F)(F)F)c2)cc1C(=O)Nc1ccc(NCC2CCOCC2)nc1. The largest absolute Gasteiger partial charge is 0.416 e. The van der Waals surface area contributed by atoms with Gasteiger partial charge in [-0.1, -0.05) is 0 Å². The third kappa shape index (κ3) is 7.99. The van der Waals surface area contributed by atoms with Crippen LogP contribution in [0.25, 0.3) is 0 Å². The summed E-state index contributed by atoms with van der Waals surface area (Å²) in [6.45, 7) is 5.55. The molecule has 13 heteroatoms. The van der Waals surface area contributed by atoms with Gasteiger partial charge in [0, 0.05) is 44.1 Å². The number of anilines is 4. The van der Waals surface area contributed by atoms with Gasteiger partial charge < -0.3 is 30.3 Å². The van der Waals surface area contributed by atoms with Crippen molar-refractivity contribution >= 4 is 34.7 Å². The molecule has 0 radical (unpaired) electrons. The molecule has 3 aromatic rings. The minimum atomic E-state index is -4.64. The van der Waals surface area contributed by atoms with Crippen molar-refractivity contribution in [3.05, 3.63) is 71.2 Å². The molecule has 0 atom stereocenters. The van der Waals surface area contributed by atoms with Crippen LogP contribution >= 0.6 is 0 Å². The fourth-order valence-corrected chi connectivity index (χ4v) is 4.91. The van der Waals surface area contributed by atoms with Crippen molar-refractivity contribution in [2.45, 2.75) is 25.9 Å². The number of rotatable bonds is 8. The molecule has 5 rings (SSSR count). The van der Waals surface area contributed by atoms with E-state index in [1.807, 2.05) is 0 Å². The van der Waals surface area contributed by atoms with Crippen LogP contribution in [0.4, 0.5) is 36.1 Å². The quantitative estimate of drug-likeness (QED) is 0.332.